The van der Waals surface area contributed by atoms with E-state index in [9.17, 15) is 9.18 Å². The number of hydrogen-bond donors (Lipinski definition) is 1. The molecule has 3 aromatic rings. The van der Waals surface area contributed by atoms with Gasteiger partial charge in [0, 0.05) is 61.7 Å². The third-order valence-electron chi connectivity index (χ3n) is 9.70. The molecule has 0 bridgehead atoms. The van der Waals surface area contributed by atoms with Gasteiger partial charge in [0.2, 0.25) is 0 Å². The van der Waals surface area contributed by atoms with Gasteiger partial charge in [0.25, 0.3) is 0 Å². The lowest BCUT2D eigenvalue weighted by molar-refractivity contribution is -0.116. The summed E-state index contributed by atoms with van der Waals surface area (Å²) in [4.78, 5) is 27.0. The van der Waals surface area contributed by atoms with Crippen LogP contribution in [0.15, 0.2) is 48.8 Å². The number of hydrogen-bond acceptors (Lipinski definition) is 8. The summed E-state index contributed by atoms with van der Waals surface area (Å²) < 4.78 is 25.6. The summed E-state index contributed by atoms with van der Waals surface area (Å²) in [6, 6.07) is 8.85. The monoisotopic (exact) mass is 609 g/mol. The molecule has 3 saturated heterocycles. The van der Waals surface area contributed by atoms with Crippen molar-refractivity contribution in [2.75, 3.05) is 58.3 Å². The number of ether oxygens (including phenoxy) is 2. The van der Waals surface area contributed by atoms with E-state index in [1.165, 1.54) is 12.4 Å². The molecular weight excluding hydrogens is 569 g/mol. The molecule has 3 aliphatic heterocycles. The molecule has 9 heteroatoms. The van der Waals surface area contributed by atoms with Gasteiger partial charge in [0.15, 0.2) is 5.78 Å². The maximum absolute atomic E-state index is 13.9. The Morgan fingerprint density at radius 3 is 2.56 bits per heavy atom. The van der Waals surface area contributed by atoms with Gasteiger partial charge in [0.05, 0.1) is 30.9 Å². The van der Waals surface area contributed by atoms with Gasteiger partial charge >= 0.3 is 0 Å². The summed E-state index contributed by atoms with van der Waals surface area (Å²) in [7, 11) is 2.20. The standard InChI is InChI=1S/C36H40FN5O3/c1-23-12-29(7-8-32(23)37)40-36-31-16-26(15-30(43)4-3-9-42-20-34-35(21-42)45-11-10-44-34)25(17-33(31)38-22-39-36)6-5-24-13-27-18-41(2)19-28(27)14-24/h3-4,7-8,12,16-17,22,24,27-28,34-35H,9-11,13-15,18-21H2,1-2H3,(H,38,39,40)/b4-3+. The molecule has 4 heterocycles. The largest absolute Gasteiger partial charge is 0.372 e. The predicted molar refractivity (Wildman–Crippen MR) is 172 cm³/mol. The molecule has 0 spiro atoms. The fourth-order valence-electron chi connectivity index (χ4n) is 7.47. The van der Waals surface area contributed by atoms with Gasteiger partial charge in [-0.25, -0.2) is 14.4 Å². The number of rotatable bonds is 7. The number of anilines is 2. The zero-order chi connectivity index (χ0) is 30.9. The molecule has 1 saturated carbocycles. The van der Waals surface area contributed by atoms with Gasteiger partial charge in [-0.15, -0.1) is 0 Å². The third kappa shape index (κ3) is 6.80. The average Bonchev–Trinajstić information content (AvgIpc) is 3.70. The van der Waals surface area contributed by atoms with Gasteiger partial charge in [-0.3, -0.25) is 9.69 Å². The van der Waals surface area contributed by atoms with Gasteiger partial charge in [-0.05, 0) is 86.2 Å². The van der Waals surface area contributed by atoms with Gasteiger partial charge in [-0.2, -0.15) is 0 Å². The lowest BCUT2D eigenvalue weighted by atomic mass is 9.98. The van der Waals surface area contributed by atoms with Crippen molar-refractivity contribution in [3.05, 3.63) is 71.3 Å². The Morgan fingerprint density at radius 1 is 1.07 bits per heavy atom. The molecule has 7 rings (SSSR count). The SMILES string of the molecule is Cc1cc(Nc2ncnc3cc(C#CC4CC5CN(C)CC5C4)c(CC(=O)/C=C/CN4CC5OCCOC5C4)cc23)ccc1F. The maximum atomic E-state index is 13.9. The number of allylic oxidation sites excluding steroid dienone is 1. The van der Waals surface area contributed by atoms with Crippen LogP contribution in [0.2, 0.25) is 0 Å². The number of carbonyl (C=O) groups excluding carboxylic acids is 1. The van der Waals surface area contributed by atoms with E-state index >= 15 is 0 Å². The highest BCUT2D eigenvalue weighted by Crippen LogP contribution is 2.40. The maximum Gasteiger partial charge on any atom is 0.159 e. The number of aromatic nitrogens is 2. The molecule has 8 nitrogen and oxygen atoms in total. The molecule has 1 aromatic heterocycles. The molecule has 45 heavy (non-hydrogen) atoms. The van der Waals surface area contributed by atoms with Crippen LogP contribution in [0.25, 0.3) is 10.9 Å². The first kappa shape index (κ1) is 30.0. The molecule has 4 unspecified atom stereocenters. The Labute approximate surface area is 264 Å². The minimum Gasteiger partial charge on any atom is -0.372 e. The Balaban J connectivity index is 1.13. The van der Waals surface area contributed by atoms with Crippen molar-refractivity contribution in [3.63, 3.8) is 0 Å². The number of nitrogens with one attached hydrogen (secondary N) is 1. The molecule has 2 aromatic carbocycles. The van der Waals surface area contributed by atoms with E-state index in [0.717, 1.165) is 78.6 Å². The second-order valence-corrected chi connectivity index (χ2v) is 13.1. The van der Waals surface area contributed by atoms with Crippen molar-refractivity contribution in [1.29, 1.82) is 0 Å². The van der Waals surface area contributed by atoms with E-state index in [2.05, 4.69) is 44.0 Å². The smallest absolute Gasteiger partial charge is 0.159 e. The van der Waals surface area contributed by atoms with Crippen LogP contribution in [0.1, 0.15) is 29.5 Å². The number of carbonyl (C=O) groups is 1. The second kappa shape index (κ2) is 13.0. The molecular formula is C36H40FN5O3. The Hall–Kier alpha value is -3.68. The minimum absolute atomic E-state index is 0.0143. The topological polar surface area (TPSA) is 79.8 Å². The number of likely N-dealkylation sites (tertiary alicyclic amines) is 2. The molecule has 234 valence electrons. The van der Waals surface area contributed by atoms with Crippen molar-refractivity contribution < 1.29 is 18.7 Å². The first-order chi connectivity index (χ1) is 21.9. The number of fused-ring (bicyclic) bond motifs is 3. The average molecular weight is 610 g/mol. The van der Waals surface area contributed by atoms with E-state index in [4.69, 9.17) is 9.47 Å². The molecule has 1 aliphatic carbocycles. The molecule has 0 amide bonds. The van der Waals surface area contributed by atoms with Gasteiger partial charge < -0.3 is 19.7 Å². The van der Waals surface area contributed by atoms with Gasteiger partial charge in [0.1, 0.15) is 18.0 Å². The van der Waals surface area contributed by atoms with Crippen molar-refractivity contribution in [3.8, 4) is 11.8 Å². The highest BCUT2D eigenvalue weighted by atomic mass is 19.1. The van der Waals surface area contributed by atoms with Crippen molar-refractivity contribution in [2.45, 2.75) is 38.4 Å². The molecule has 0 radical (unpaired) electrons. The van der Waals surface area contributed by atoms with Crippen LogP contribution in [0.5, 0.6) is 0 Å². The van der Waals surface area contributed by atoms with Crippen LogP contribution in [0.4, 0.5) is 15.9 Å². The van der Waals surface area contributed by atoms with E-state index in [-0.39, 0.29) is 30.2 Å². The Morgan fingerprint density at radius 2 is 1.82 bits per heavy atom. The Kier molecular flexibility index (Phi) is 8.65. The molecule has 4 atom stereocenters. The van der Waals surface area contributed by atoms with Crippen molar-refractivity contribution >= 4 is 28.2 Å². The number of aryl methyl sites for hydroxylation is 1. The number of benzene rings is 2. The number of ketones is 1. The number of halogens is 1. The van der Waals surface area contributed by atoms with Gasteiger partial charge in [-0.1, -0.05) is 17.9 Å². The van der Waals surface area contributed by atoms with Crippen LogP contribution in [0.3, 0.4) is 0 Å². The molecule has 1 N–H and O–H groups in total. The Bertz CT molecular complexity index is 1650. The summed E-state index contributed by atoms with van der Waals surface area (Å²) in [5.74, 6) is 9.22. The minimum atomic E-state index is -0.257. The summed E-state index contributed by atoms with van der Waals surface area (Å²) in [5, 5.41) is 4.11. The molecule has 4 fully saturated rings. The fraction of sp³-hybridized carbons (Fsp3) is 0.472. The van der Waals surface area contributed by atoms with Crippen LogP contribution >= 0.6 is 0 Å². The van der Waals surface area contributed by atoms with Crippen LogP contribution in [0, 0.1) is 42.3 Å². The summed E-state index contributed by atoms with van der Waals surface area (Å²) in [5.41, 5.74) is 3.70. The quantitative estimate of drug-likeness (QED) is 0.309. The van der Waals surface area contributed by atoms with E-state index in [0.29, 0.717) is 37.1 Å². The van der Waals surface area contributed by atoms with E-state index < -0.39 is 0 Å². The highest BCUT2D eigenvalue weighted by Gasteiger charge is 2.39. The van der Waals surface area contributed by atoms with Crippen molar-refractivity contribution in [1.82, 2.24) is 19.8 Å². The summed E-state index contributed by atoms with van der Waals surface area (Å²) in [6.45, 7) is 7.64. The number of nitrogens with zero attached hydrogens (tertiary/aromatic N) is 4. The lowest BCUT2D eigenvalue weighted by Crippen LogP contribution is -2.36. The zero-order valence-electron chi connectivity index (χ0n) is 26.0. The lowest BCUT2D eigenvalue weighted by Gasteiger charge is -2.24. The zero-order valence-corrected chi connectivity index (χ0v) is 26.0. The van der Waals surface area contributed by atoms with Crippen molar-refractivity contribution in [2.24, 2.45) is 17.8 Å². The van der Waals surface area contributed by atoms with Crippen LogP contribution in [-0.2, 0) is 20.7 Å². The second-order valence-electron chi connectivity index (χ2n) is 13.1. The first-order valence-corrected chi connectivity index (χ1v) is 16.0. The summed E-state index contributed by atoms with van der Waals surface area (Å²) >= 11 is 0. The van der Waals surface area contributed by atoms with Crippen LogP contribution in [-0.4, -0.2) is 90.7 Å². The predicted octanol–water partition coefficient (Wildman–Crippen LogP) is 4.53. The van der Waals surface area contributed by atoms with E-state index in [1.54, 1.807) is 25.1 Å². The fourth-order valence-corrected chi connectivity index (χ4v) is 7.47. The summed E-state index contributed by atoms with van der Waals surface area (Å²) in [6.07, 6.45) is 7.86. The molecule has 4 aliphatic rings. The normalized spacial score (nSPS) is 26.6. The highest BCUT2D eigenvalue weighted by molar-refractivity contribution is 5.96. The van der Waals surface area contributed by atoms with Crippen LogP contribution < -0.4 is 5.32 Å². The third-order valence-corrected chi connectivity index (χ3v) is 9.70. The first-order valence-electron chi connectivity index (χ1n) is 16.0. The van der Waals surface area contributed by atoms with E-state index in [1.807, 2.05) is 18.2 Å².